The number of nitrogens with zero attached hydrogens (tertiary/aromatic N) is 2. The Balaban J connectivity index is 2.28. The SMILES string of the molecule is Cn1cc(-c2cc(N)ccn2)c2cc(C(F)(F)F)ccc21. The Morgan fingerprint density at radius 2 is 1.90 bits per heavy atom. The molecule has 6 heteroatoms. The van der Waals surface area contributed by atoms with Gasteiger partial charge in [0, 0.05) is 41.6 Å². The van der Waals surface area contributed by atoms with E-state index in [1.807, 2.05) is 0 Å². The number of hydrogen-bond acceptors (Lipinski definition) is 2. The lowest BCUT2D eigenvalue weighted by molar-refractivity contribution is -0.137. The van der Waals surface area contributed by atoms with Gasteiger partial charge in [-0.05, 0) is 30.3 Å². The Morgan fingerprint density at radius 3 is 2.57 bits per heavy atom. The largest absolute Gasteiger partial charge is 0.416 e. The fourth-order valence-electron chi connectivity index (χ4n) is 2.37. The molecule has 0 saturated heterocycles. The Labute approximate surface area is 118 Å². The minimum Gasteiger partial charge on any atom is -0.399 e. The number of nitrogen functional groups attached to an aromatic ring is 1. The summed E-state index contributed by atoms with van der Waals surface area (Å²) in [5.41, 5.74) is 7.46. The topological polar surface area (TPSA) is 43.8 Å². The normalized spacial score (nSPS) is 12.0. The summed E-state index contributed by atoms with van der Waals surface area (Å²) in [4.78, 5) is 4.19. The Bertz CT molecular complexity index is 819. The molecule has 2 aromatic heterocycles. The van der Waals surface area contributed by atoms with Gasteiger partial charge in [-0.15, -0.1) is 0 Å². The predicted octanol–water partition coefficient (Wildman–Crippen LogP) is 3.84. The number of nitrogens with two attached hydrogens (primary N) is 1. The van der Waals surface area contributed by atoms with Gasteiger partial charge in [-0.25, -0.2) is 0 Å². The van der Waals surface area contributed by atoms with Crippen LogP contribution in [0.4, 0.5) is 18.9 Å². The average molecular weight is 291 g/mol. The van der Waals surface area contributed by atoms with E-state index in [1.54, 1.807) is 29.9 Å². The van der Waals surface area contributed by atoms with Crippen molar-refractivity contribution in [3.05, 3.63) is 48.3 Å². The van der Waals surface area contributed by atoms with Gasteiger partial charge in [0.2, 0.25) is 0 Å². The minimum absolute atomic E-state index is 0.505. The average Bonchev–Trinajstić information content (AvgIpc) is 2.75. The van der Waals surface area contributed by atoms with Crippen molar-refractivity contribution < 1.29 is 13.2 Å². The van der Waals surface area contributed by atoms with Gasteiger partial charge in [-0.2, -0.15) is 13.2 Å². The number of halogens is 3. The van der Waals surface area contributed by atoms with Crippen LogP contribution in [0.2, 0.25) is 0 Å². The first-order chi connectivity index (χ1) is 9.86. The van der Waals surface area contributed by atoms with Crippen LogP contribution in [0.3, 0.4) is 0 Å². The highest BCUT2D eigenvalue weighted by Gasteiger charge is 2.31. The number of anilines is 1. The molecule has 0 unspecified atom stereocenters. The number of fused-ring (bicyclic) bond motifs is 1. The van der Waals surface area contributed by atoms with Crippen molar-refractivity contribution in [3.63, 3.8) is 0 Å². The molecule has 0 aliphatic rings. The molecule has 2 heterocycles. The highest BCUT2D eigenvalue weighted by atomic mass is 19.4. The van der Waals surface area contributed by atoms with Crippen LogP contribution in [-0.4, -0.2) is 9.55 Å². The predicted molar refractivity (Wildman–Crippen MR) is 75.6 cm³/mol. The molecule has 0 amide bonds. The number of aryl methyl sites for hydroxylation is 1. The van der Waals surface area contributed by atoms with Gasteiger partial charge in [-0.1, -0.05) is 0 Å². The molecule has 0 aliphatic heterocycles. The van der Waals surface area contributed by atoms with Crippen LogP contribution in [0, 0.1) is 0 Å². The monoisotopic (exact) mass is 291 g/mol. The van der Waals surface area contributed by atoms with Crippen molar-refractivity contribution >= 4 is 16.6 Å². The van der Waals surface area contributed by atoms with Crippen LogP contribution in [-0.2, 0) is 13.2 Å². The molecule has 0 saturated carbocycles. The quantitative estimate of drug-likeness (QED) is 0.740. The number of alkyl halides is 3. The molecule has 3 rings (SSSR count). The second-order valence-electron chi connectivity index (χ2n) is 4.86. The molecule has 0 radical (unpaired) electrons. The third-order valence-electron chi connectivity index (χ3n) is 3.38. The van der Waals surface area contributed by atoms with Crippen LogP contribution >= 0.6 is 0 Å². The lowest BCUT2D eigenvalue weighted by Gasteiger charge is -2.07. The van der Waals surface area contributed by atoms with E-state index in [4.69, 9.17) is 5.73 Å². The standard InChI is InChI=1S/C15H12F3N3/c1-21-8-12(13-7-10(19)4-5-20-13)11-6-9(15(16,17)18)2-3-14(11)21/h2-8H,1H3,(H2,19,20). The maximum atomic E-state index is 12.9. The minimum atomic E-state index is -4.37. The first-order valence-corrected chi connectivity index (χ1v) is 6.24. The second kappa shape index (κ2) is 4.51. The maximum absolute atomic E-state index is 12.9. The third-order valence-corrected chi connectivity index (χ3v) is 3.38. The van der Waals surface area contributed by atoms with Crippen LogP contribution in [0.5, 0.6) is 0 Å². The van der Waals surface area contributed by atoms with Gasteiger partial charge < -0.3 is 10.3 Å². The molecule has 3 aromatic rings. The zero-order chi connectivity index (χ0) is 15.2. The summed E-state index contributed by atoms with van der Waals surface area (Å²) in [6.45, 7) is 0. The number of benzene rings is 1. The van der Waals surface area contributed by atoms with E-state index in [1.165, 1.54) is 12.3 Å². The summed E-state index contributed by atoms with van der Waals surface area (Å²) in [7, 11) is 1.78. The van der Waals surface area contributed by atoms with E-state index < -0.39 is 11.7 Å². The number of hydrogen-bond donors (Lipinski definition) is 1. The van der Waals surface area contributed by atoms with E-state index in [0.717, 1.165) is 12.1 Å². The summed E-state index contributed by atoms with van der Waals surface area (Å²) in [6, 6.07) is 6.98. The molecule has 0 fully saturated rings. The summed E-state index contributed by atoms with van der Waals surface area (Å²) in [6.07, 6.45) is -1.08. The molecule has 0 atom stereocenters. The molecule has 2 N–H and O–H groups in total. The smallest absolute Gasteiger partial charge is 0.399 e. The highest BCUT2D eigenvalue weighted by Crippen LogP contribution is 2.35. The fraction of sp³-hybridized carbons (Fsp3) is 0.133. The van der Waals surface area contributed by atoms with Crippen LogP contribution in [0.25, 0.3) is 22.2 Å². The molecule has 3 nitrogen and oxygen atoms in total. The lowest BCUT2D eigenvalue weighted by atomic mass is 10.1. The molecule has 1 aromatic carbocycles. The van der Waals surface area contributed by atoms with Gasteiger partial charge in [0.25, 0.3) is 0 Å². The van der Waals surface area contributed by atoms with Gasteiger partial charge >= 0.3 is 6.18 Å². The lowest BCUT2D eigenvalue weighted by Crippen LogP contribution is -2.04. The first-order valence-electron chi connectivity index (χ1n) is 6.24. The zero-order valence-electron chi connectivity index (χ0n) is 11.1. The van der Waals surface area contributed by atoms with E-state index in [0.29, 0.717) is 27.8 Å². The van der Waals surface area contributed by atoms with Crippen molar-refractivity contribution in [2.75, 3.05) is 5.73 Å². The van der Waals surface area contributed by atoms with Gasteiger partial charge in [-0.3, -0.25) is 4.98 Å². The number of pyridine rings is 1. The number of rotatable bonds is 1. The van der Waals surface area contributed by atoms with E-state index in [9.17, 15) is 13.2 Å². The van der Waals surface area contributed by atoms with E-state index >= 15 is 0 Å². The summed E-state index contributed by atoms with van der Waals surface area (Å²) >= 11 is 0. The number of aromatic nitrogens is 2. The van der Waals surface area contributed by atoms with Gasteiger partial charge in [0.15, 0.2) is 0 Å². The molecular formula is C15H12F3N3. The third kappa shape index (κ3) is 2.33. The summed E-state index contributed by atoms with van der Waals surface area (Å²) in [5.74, 6) is 0. The zero-order valence-corrected chi connectivity index (χ0v) is 11.1. The molecule has 0 aliphatic carbocycles. The highest BCUT2D eigenvalue weighted by molar-refractivity contribution is 5.96. The van der Waals surface area contributed by atoms with Crippen LogP contribution in [0.15, 0.2) is 42.7 Å². The second-order valence-corrected chi connectivity index (χ2v) is 4.86. The van der Waals surface area contributed by atoms with Crippen molar-refractivity contribution in [3.8, 4) is 11.3 Å². The molecule has 108 valence electrons. The molecule has 0 bridgehead atoms. The van der Waals surface area contributed by atoms with Crippen molar-refractivity contribution in [2.24, 2.45) is 7.05 Å². The van der Waals surface area contributed by atoms with Crippen molar-refractivity contribution in [2.45, 2.75) is 6.18 Å². The van der Waals surface area contributed by atoms with Gasteiger partial charge in [0.1, 0.15) is 0 Å². The Kier molecular flexibility index (Phi) is 2.90. The van der Waals surface area contributed by atoms with E-state index in [2.05, 4.69) is 4.98 Å². The van der Waals surface area contributed by atoms with Crippen LogP contribution < -0.4 is 5.73 Å². The molecule has 0 spiro atoms. The van der Waals surface area contributed by atoms with E-state index in [-0.39, 0.29) is 0 Å². The fourth-order valence-corrected chi connectivity index (χ4v) is 2.37. The first kappa shape index (κ1) is 13.5. The Hall–Kier alpha value is -2.50. The van der Waals surface area contributed by atoms with Crippen LogP contribution in [0.1, 0.15) is 5.56 Å². The summed E-state index contributed by atoms with van der Waals surface area (Å²) < 4.78 is 40.4. The Morgan fingerprint density at radius 1 is 1.14 bits per heavy atom. The summed E-state index contributed by atoms with van der Waals surface area (Å²) in [5, 5.41) is 0.505. The van der Waals surface area contributed by atoms with Gasteiger partial charge in [0.05, 0.1) is 11.3 Å². The molecular weight excluding hydrogens is 279 g/mol. The van der Waals surface area contributed by atoms with Crippen molar-refractivity contribution in [1.29, 1.82) is 0 Å². The maximum Gasteiger partial charge on any atom is 0.416 e. The van der Waals surface area contributed by atoms with Crippen molar-refractivity contribution in [1.82, 2.24) is 9.55 Å². The molecule has 21 heavy (non-hydrogen) atoms.